The smallest absolute Gasteiger partial charge is 0.0235 e. The van der Waals surface area contributed by atoms with E-state index in [0.29, 0.717) is 27.1 Å². The summed E-state index contributed by atoms with van der Waals surface area (Å²) in [6.07, 6.45) is 18.1. The van der Waals surface area contributed by atoms with E-state index in [4.69, 9.17) is 0 Å². The van der Waals surface area contributed by atoms with Crippen molar-refractivity contribution in [3.05, 3.63) is 0 Å². The van der Waals surface area contributed by atoms with Crippen molar-refractivity contribution >= 4 is 0 Å². The van der Waals surface area contributed by atoms with Crippen molar-refractivity contribution in [1.29, 1.82) is 0 Å². The number of hydrogen-bond donors (Lipinski definition) is 0. The van der Waals surface area contributed by atoms with Crippen LogP contribution >= 0.6 is 0 Å². The minimum atomic E-state index is 0.560. The second-order valence-corrected chi connectivity index (χ2v) is 15.2. The molecule has 31 heavy (non-hydrogen) atoms. The topological polar surface area (TPSA) is 0 Å². The van der Waals surface area contributed by atoms with Gasteiger partial charge in [0.25, 0.3) is 0 Å². The summed E-state index contributed by atoms with van der Waals surface area (Å²) >= 11 is 0. The summed E-state index contributed by atoms with van der Waals surface area (Å²) in [5.41, 5.74) is 2.91. The second-order valence-electron chi connectivity index (χ2n) is 15.2. The Hall–Kier alpha value is 0. The zero-order valence-corrected chi connectivity index (χ0v) is 22.4. The molecule has 0 radical (unpaired) electrons. The lowest BCUT2D eigenvalue weighted by Gasteiger charge is -2.73. The van der Waals surface area contributed by atoms with Crippen LogP contribution in [0.2, 0.25) is 0 Å². The minimum Gasteiger partial charge on any atom is -0.0651 e. The maximum Gasteiger partial charge on any atom is -0.0235 e. The Morgan fingerprint density at radius 3 is 1.90 bits per heavy atom. The van der Waals surface area contributed by atoms with Crippen LogP contribution in [0.1, 0.15) is 132 Å². The van der Waals surface area contributed by atoms with E-state index in [9.17, 15) is 0 Å². The molecule has 0 saturated heterocycles. The Balaban J connectivity index is 1.50. The lowest BCUT2D eigenvalue weighted by atomic mass is 9.32. The lowest BCUT2D eigenvalue weighted by molar-refractivity contribution is -0.241. The van der Waals surface area contributed by atoms with Crippen molar-refractivity contribution in [3.8, 4) is 0 Å². The van der Waals surface area contributed by atoms with Crippen LogP contribution < -0.4 is 0 Å². The summed E-state index contributed by atoms with van der Waals surface area (Å²) in [4.78, 5) is 0. The molecule has 5 fully saturated rings. The van der Waals surface area contributed by atoms with Gasteiger partial charge in [-0.05, 0) is 127 Å². The molecule has 0 heteroatoms. The fourth-order valence-electron chi connectivity index (χ4n) is 12.3. The Labute approximate surface area is 195 Å². The normalized spacial score (nSPS) is 56.7. The van der Waals surface area contributed by atoms with Crippen molar-refractivity contribution in [2.75, 3.05) is 0 Å². The molecule has 5 saturated carbocycles. The molecule has 0 aliphatic heterocycles. The molecule has 0 N–H and O–H groups in total. The average Bonchev–Trinajstić information content (AvgIpc) is 3.04. The van der Waals surface area contributed by atoms with E-state index in [-0.39, 0.29) is 0 Å². The number of rotatable bonds is 2. The summed E-state index contributed by atoms with van der Waals surface area (Å²) in [7, 11) is 0. The Morgan fingerprint density at radius 2 is 1.26 bits per heavy atom. The highest BCUT2D eigenvalue weighted by atomic mass is 14.7. The maximum absolute atomic E-state index is 2.82. The molecule has 5 aliphatic rings. The van der Waals surface area contributed by atoms with Gasteiger partial charge in [0, 0.05) is 0 Å². The molecule has 0 heterocycles. The highest BCUT2D eigenvalue weighted by Crippen LogP contribution is 2.78. The van der Waals surface area contributed by atoms with Gasteiger partial charge in [-0.3, -0.25) is 0 Å². The van der Waals surface area contributed by atoms with Crippen molar-refractivity contribution < 1.29 is 0 Å². The SMILES string of the molecule is CC[C@H](C)[C@@H]1CC[C@]2(C)[C@H]3CC[C@@H]4[C@@]5(C)CCCC(C)(C)[C@@H]5CC[C@@]4(C)[C@]3(C)CC[C@@H]12. The van der Waals surface area contributed by atoms with Crippen LogP contribution in [0.25, 0.3) is 0 Å². The maximum atomic E-state index is 2.82. The summed E-state index contributed by atoms with van der Waals surface area (Å²) in [5.74, 6) is 5.86. The largest absolute Gasteiger partial charge is 0.0651 e. The predicted octanol–water partition coefficient (Wildman–Crippen LogP) is 9.52. The van der Waals surface area contributed by atoms with E-state index in [2.05, 4.69) is 55.4 Å². The molecular formula is C31H54. The first-order chi connectivity index (χ1) is 14.4. The molecule has 0 bridgehead atoms. The molecule has 0 aromatic rings. The Kier molecular flexibility index (Phi) is 5.15. The van der Waals surface area contributed by atoms with Crippen LogP contribution in [0.3, 0.4) is 0 Å². The third-order valence-corrected chi connectivity index (χ3v) is 14.1. The zero-order chi connectivity index (χ0) is 22.4. The van der Waals surface area contributed by atoms with Crippen LogP contribution in [0.15, 0.2) is 0 Å². The Morgan fingerprint density at radius 1 is 0.645 bits per heavy atom. The van der Waals surface area contributed by atoms with Crippen molar-refractivity contribution in [1.82, 2.24) is 0 Å². The first-order valence-electron chi connectivity index (χ1n) is 14.4. The van der Waals surface area contributed by atoms with Crippen LogP contribution in [-0.2, 0) is 0 Å². The van der Waals surface area contributed by atoms with Gasteiger partial charge in [0.1, 0.15) is 0 Å². The van der Waals surface area contributed by atoms with Gasteiger partial charge in [-0.2, -0.15) is 0 Å². The van der Waals surface area contributed by atoms with Gasteiger partial charge in [0.05, 0.1) is 0 Å². The number of hydrogen-bond acceptors (Lipinski definition) is 0. The molecule has 0 aromatic carbocycles. The number of fused-ring (bicyclic) bond motifs is 7. The van der Waals surface area contributed by atoms with E-state index < -0.39 is 0 Å². The first kappa shape index (κ1) is 22.8. The average molecular weight is 427 g/mol. The minimum absolute atomic E-state index is 0.560. The zero-order valence-electron chi connectivity index (χ0n) is 22.4. The molecule has 5 aliphatic carbocycles. The third-order valence-electron chi connectivity index (χ3n) is 14.1. The molecular weight excluding hydrogens is 372 g/mol. The molecule has 0 aromatic heterocycles. The van der Waals surface area contributed by atoms with Crippen molar-refractivity contribution in [2.45, 2.75) is 132 Å². The monoisotopic (exact) mass is 426 g/mol. The van der Waals surface area contributed by atoms with Gasteiger partial charge in [0.15, 0.2) is 0 Å². The summed E-state index contributed by atoms with van der Waals surface area (Å²) in [6, 6.07) is 0. The predicted molar refractivity (Wildman–Crippen MR) is 134 cm³/mol. The van der Waals surface area contributed by atoms with E-state index in [1.165, 1.54) is 70.6 Å². The Bertz CT molecular complexity index is 705. The standard InChI is InChI=1S/C31H54/c1-9-21(2)22-13-18-28(5)23(22)14-19-30(7)25(28)11-12-26-29(6)17-10-16-27(3,4)24(29)15-20-31(26,30)8/h21-26H,9-20H2,1-8H3/t21-,22-,23-,24-,25+,26+,28-,29-,30+,31+/m0/s1. The van der Waals surface area contributed by atoms with Gasteiger partial charge in [0.2, 0.25) is 0 Å². The molecule has 0 unspecified atom stereocenters. The van der Waals surface area contributed by atoms with E-state index in [0.717, 1.165) is 35.5 Å². The van der Waals surface area contributed by atoms with Crippen molar-refractivity contribution in [3.63, 3.8) is 0 Å². The molecule has 178 valence electrons. The van der Waals surface area contributed by atoms with Gasteiger partial charge < -0.3 is 0 Å². The van der Waals surface area contributed by atoms with Crippen molar-refractivity contribution in [2.24, 2.45) is 62.6 Å². The molecule has 10 atom stereocenters. The third kappa shape index (κ3) is 2.78. The first-order valence-corrected chi connectivity index (χ1v) is 14.4. The molecule has 0 nitrogen and oxygen atoms in total. The van der Waals surface area contributed by atoms with E-state index >= 15 is 0 Å². The van der Waals surface area contributed by atoms with E-state index in [1.807, 2.05) is 0 Å². The lowest BCUT2D eigenvalue weighted by Crippen LogP contribution is -2.65. The summed E-state index contributed by atoms with van der Waals surface area (Å²) in [5, 5.41) is 0. The van der Waals surface area contributed by atoms with Crippen LogP contribution in [0, 0.1) is 62.6 Å². The van der Waals surface area contributed by atoms with Crippen LogP contribution in [0.5, 0.6) is 0 Å². The highest BCUT2D eigenvalue weighted by Gasteiger charge is 2.70. The van der Waals surface area contributed by atoms with Crippen LogP contribution in [0.4, 0.5) is 0 Å². The highest BCUT2D eigenvalue weighted by molar-refractivity contribution is 5.19. The van der Waals surface area contributed by atoms with Gasteiger partial charge in [-0.15, -0.1) is 0 Å². The van der Waals surface area contributed by atoms with Gasteiger partial charge in [-0.1, -0.05) is 68.2 Å². The fraction of sp³-hybridized carbons (Fsp3) is 1.00. The van der Waals surface area contributed by atoms with Gasteiger partial charge in [-0.25, -0.2) is 0 Å². The van der Waals surface area contributed by atoms with Crippen LogP contribution in [-0.4, -0.2) is 0 Å². The van der Waals surface area contributed by atoms with Gasteiger partial charge >= 0.3 is 0 Å². The quantitative estimate of drug-likeness (QED) is 0.412. The second kappa shape index (κ2) is 7.01. The fourth-order valence-corrected chi connectivity index (χ4v) is 12.3. The summed E-state index contributed by atoms with van der Waals surface area (Å²) < 4.78 is 0. The summed E-state index contributed by atoms with van der Waals surface area (Å²) in [6.45, 7) is 21.4. The molecule has 0 spiro atoms. The molecule has 0 amide bonds. The van der Waals surface area contributed by atoms with E-state index in [1.54, 1.807) is 6.42 Å². The molecule has 5 rings (SSSR count).